The fraction of sp³-hybridized carbons (Fsp3) is 1.00. The monoisotopic (exact) mass is 231 g/mol. The Bertz CT molecular complexity index is 199. The Morgan fingerprint density at radius 2 is 1.94 bits per heavy atom. The molecule has 0 aliphatic heterocycles. The van der Waals surface area contributed by atoms with Gasteiger partial charge in [0.05, 0.1) is 31.5 Å². The van der Waals surface area contributed by atoms with E-state index in [4.69, 9.17) is 15.2 Å². The van der Waals surface area contributed by atoms with Crippen LogP contribution in [0.3, 0.4) is 0 Å². The second kappa shape index (κ2) is 5.96. The van der Waals surface area contributed by atoms with Crippen molar-refractivity contribution in [1.82, 2.24) is 0 Å². The van der Waals surface area contributed by atoms with Crippen LogP contribution in [0.5, 0.6) is 0 Å². The summed E-state index contributed by atoms with van der Waals surface area (Å²) < 4.78 is 11.1. The summed E-state index contributed by atoms with van der Waals surface area (Å²) in [4.78, 5) is 0. The molecule has 0 bridgehead atoms. The highest BCUT2D eigenvalue weighted by Gasteiger charge is 2.34. The molecule has 0 aromatic heterocycles. The van der Waals surface area contributed by atoms with Crippen LogP contribution >= 0.6 is 0 Å². The zero-order valence-corrected chi connectivity index (χ0v) is 10.6. The highest BCUT2D eigenvalue weighted by atomic mass is 16.5. The van der Waals surface area contributed by atoms with Gasteiger partial charge < -0.3 is 20.3 Å². The molecule has 3 N–H and O–H groups in total. The van der Waals surface area contributed by atoms with Crippen LogP contribution in [0.2, 0.25) is 0 Å². The lowest BCUT2D eigenvalue weighted by Gasteiger charge is -2.24. The van der Waals surface area contributed by atoms with Crippen LogP contribution in [0.15, 0.2) is 0 Å². The Morgan fingerprint density at radius 1 is 1.31 bits per heavy atom. The molecule has 96 valence electrons. The third kappa shape index (κ3) is 5.25. The van der Waals surface area contributed by atoms with Crippen LogP contribution in [0.25, 0.3) is 0 Å². The minimum atomic E-state index is -0.240. The first-order chi connectivity index (χ1) is 7.44. The van der Waals surface area contributed by atoms with Gasteiger partial charge in [0.1, 0.15) is 0 Å². The van der Waals surface area contributed by atoms with E-state index in [2.05, 4.69) is 0 Å². The quantitative estimate of drug-likeness (QED) is 0.639. The Morgan fingerprint density at radius 3 is 2.38 bits per heavy atom. The molecule has 4 nitrogen and oxygen atoms in total. The predicted molar refractivity (Wildman–Crippen MR) is 63.2 cm³/mol. The molecule has 2 atom stereocenters. The van der Waals surface area contributed by atoms with E-state index in [0.717, 1.165) is 0 Å². The Hall–Kier alpha value is -0.160. The number of rotatable bonds is 7. The highest BCUT2D eigenvalue weighted by Crippen LogP contribution is 2.33. The van der Waals surface area contributed by atoms with Crippen molar-refractivity contribution >= 4 is 0 Å². The van der Waals surface area contributed by atoms with Crippen molar-refractivity contribution in [2.45, 2.75) is 51.4 Å². The van der Waals surface area contributed by atoms with Gasteiger partial charge >= 0.3 is 0 Å². The van der Waals surface area contributed by atoms with Gasteiger partial charge in [-0.15, -0.1) is 0 Å². The summed E-state index contributed by atoms with van der Waals surface area (Å²) in [6.07, 6.45) is 2.09. The fourth-order valence-electron chi connectivity index (χ4n) is 1.62. The highest BCUT2D eigenvalue weighted by molar-refractivity contribution is 4.89. The van der Waals surface area contributed by atoms with E-state index >= 15 is 0 Å². The van der Waals surface area contributed by atoms with Crippen molar-refractivity contribution in [3.05, 3.63) is 0 Å². The fourth-order valence-corrected chi connectivity index (χ4v) is 1.62. The maximum atomic E-state index is 9.19. The Labute approximate surface area is 98.1 Å². The minimum Gasteiger partial charge on any atom is -0.394 e. The van der Waals surface area contributed by atoms with E-state index in [1.165, 1.54) is 12.8 Å². The molecular formula is C12H25NO3. The summed E-state index contributed by atoms with van der Waals surface area (Å²) in [5, 5.41) is 9.19. The van der Waals surface area contributed by atoms with Gasteiger partial charge in [0.2, 0.25) is 0 Å². The zero-order valence-electron chi connectivity index (χ0n) is 10.6. The van der Waals surface area contributed by atoms with E-state index in [1.807, 2.05) is 20.8 Å². The molecule has 1 aliphatic carbocycles. The van der Waals surface area contributed by atoms with Crippen molar-refractivity contribution in [1.29, 1.82) is 0 Å². The first kappa shape index (κ1) is 13.9. The lowest BCUT2D eigenvalue weighted by molar-refractivity contribution is -0.0679. The van der Waals surface area contributed by atoms with Crippen molar-refractivity contribution in [3.63, 3.8) is 0 Å². The van der Waals surface area contributed by atoms with Gasteiger partial charge in [0, 0.05) is 6.04 Å². The van der Waals surface area contributed by atoms with E-state index in [-0.39, 0.29) is 24.4 Å². The second-order valence-corrected chi connectivity index (χ2v) is 5.47. The number of ether oxygens (including phenoxy) is 2. The number of hydrogen-bond acceptors (Lipinski definition) is 4. The maximum absolute atomic E-state index is 9.19. The number of nitrogens with two attached hydrogens (primary N) is 1. The SMILES string of the molecule is CC(C)(C)OCCOC(CO)C(N)C1CC1. The lowest BCUT2D eigenvalue weighted by Crippen LogP contribution is -2.41. The molecule has 16 heavy (non-hydrogen) atoms. The third-order valence-electron chi connectivity index (χ3n) is 2.73. The predicted octanol–water partition coefficient (Wildman–Crippen LogP) is 0.916. The van der Waals surface area contributed by atoms with E-state index in [1.54, 1.807) is 0 Å². The first-order valence-electron chi connectivity index (χ1n) is 6.06. The zero-order chi connectivity index (χ0) is 12.2. The molecule has 0 radical (unpaired) electrons. The molecule has 1 fully saturated rings. The van der Waals surface area contributed by atoms with Gasteiger partial charge in [-0.3, -0.25) is 0 Å². The van der Waals surface area contributed by atoms with E-state index < -0.39 is 0 Å². The standard InChI is InChI=1S/C12H25NO3/c1-12(2,3)16-7-6-15-10(8-14)11(13)9-4-5-9/h9-11,14H,4-8,13H2,1-3H3. The molecule has 2 unspecified atom stereocenters. The molecule has 1 aliphatic rings. The Kier molecular flexibility index (Phi) is 5.18. The molecule has 1 saturated carbocycles. The third-order valence-corrected chi connectivity index (χ3v) is 2.73. The lowest BCUT2D eigenvalue weighted by atomic mass is 10.1. The average Bonchev–Trinajstić information content (AvgIpc) is 2.98. The Balaban J connectivity index is 2.13. The number of hydrogen-bond donors (Lipinski definition) is 2. The van der Waals surface area contributed by atoms with Crippen molar-refractivity contribution in [2.24, 2.45) is 11.7 Å². The van der Waals surface area contributed by atoms with E-state index in [0.29, 0.717) is 19.1 Å². The number of aliphatic hydroxyl groups is 1. The van der Waals surface area contributed by atoms with Crippen molar-refractivity contribution in [2.75, 3.05) is 19.8 Å². The smallest absolute Gasteiger partial charge is 0.0959 e. The van der Waals surface area contributed by atoms with Crippen LogP contribution in [-0.4, -0.2) is 42.7 Å². The summed E-state index contributed by atoms with van der Waals surface area (Å²) in [5.74, 6) is 0.542. The minimum absolute atomic E-state index is 0.00676. The largest absolute Gasteiger partial charge is 0.394 e. The van der Waals surface area contributed by atoms with Gasteiger partial charge in [-0.2, -0.15) is 0 Å². The summed E-state index contributed by atoms with van der Waals surface area (Å²) >= 11 is 0. The molecule has 0 saturated heterocycles. The summed E-state index contributed by atoms with van der Waals surface area (Å²) in [6, 6.07) is -0.0281. The van der Waals surface area contributed by atoms with Gasteiger partial charge in [-0.1, -0.05) is 0 Å². The van der Waals surface area contributed by atoms with E-state index in [9.17, 15) is 5.11 Å². The summed E-state index contributed by atoms with van der Waals surface area (Å²) in [5.41, 5.74) is 5.83. The van der Waals surface area contributed by atoms with Crippen LogP contribution in [-0.2, 0) is 9.47 Å². The van der Waals surface area contributed by atoms with Gasteiger partial charge in [0.25, 0.3) is 0 Å². The van der Waals surface area contributed by atoms with Crippen molar-refractivity contribution < 1.29 is 14.6 Å². The van der Waals surface area contributed by atoms with Crippen LogP contribution in [0, 0.1) is 5.92 Å². The molecule has 0 spiro atoms. The summed E-state index contributed by atoms with van der Waals surface area (Å²) in [6.45, 7) is 7.04. The van der Waals surface area contributed by atoms with Gasteiger partial charge in [-0.25, -0.2) is 0 Å². The van der Waals surface area contributed by atoms with Gasteiger partial charge in [0.15, 0.2) is 0 Å². The maximum Gasteiger partial charge on any atom is 0.0959 e. The molecule has 0 heterocycles. The van der Waals surface area contributed by atoms with Crippen molar-refractivity contribution in [3.8, 4) is 0 Å². The van der Waals surface area contributed by atoms with Crippen LogP contribution < -0.4 is 5.73 Å². The van der Waals surface area contributed by atoms with Crippen LogP contribution in [0.4, 0.5) is 0 Å². The average molecular weight is 231 g/mol. The molecule has 0 amide bonds. The molecule has 0 aromatic rings. The molecule has 0 aromatic carbocycles. The summed E-state index contributed by atoms with van der Waals surface area (Å²) in [7, 11) is 0. The molecule has 1 rings (SSSR count). The van der Waals surface area contributed by atoms with Crippen LogP contribution in [0.1, 0.15) is 33.6 Å². The number of aliphatic hydroxyl groups excluding tert-OH is 1. The molecule has 4 heteroatoms. The second-order valence-electron chi connectivity index (χ2n) is 5.47. The molecular weight excluding hydrogens is 206 g/mol. The van der Waals surface area contributed by atoms with Gasteiger partial charge in [-0.05, 0) is 39.5 Å². The normalized spacial score (nSPS) is 20.8. The first-order valence-corrected chi connectivity index (χ1v) is 6.06. The topological polar surface area (TPSA) is 64.7 Å².